The van der Waals surface area contributed by atoms with Crippen molar-refractivity contribution in [2.24, 2.45) is 11.8 Å². The first-order valence-electron chi connectivity index (χ1n) is 16.7. The van der Waals surface area contributed by atoms with Crippen LogP contribution < -0.4 is 4.90 Å². The molecule has 2 heteroatoms. The molecule has 3 atom stereocenters. The molecular weight excluding hydrogens is 569 g/mol. The molecule has 2 aliphatic carbocycles. The van der Waals surface area contributed by atoms with Gasteiger partial charge in [-0.15, -0.1) is 0 Å². The largest absolute Gasteiger partial charge is 0.333 e. The number of benzene rings is 4. The fourth-order valence-electron chi connectivity index (χ4n) is 7.16. The SMILES string of the molecule is C=C(/C=C\C=C/C)C1C=CC(N(c2ccc(C3=CCC(n4c5ccccc5c5ccccc54)C=C3)cc2)c2cccc(C)c2)=CC1C. The second-order valence-electron chi connectivity index (χ2n) is 12.7. The Morgan fingerprint density at radius 3 is 2.17 bits per heavy atom. The van der Waals surface area contributed by atoms with Gasteiger partial charge >= 0.3 is 0 Å². The molecule has 0 radical (unpaired) electrons. The van der Waals surface area contributed by atoms with Crippen molar-refractivity contribution in [3.8, 4) is 0 Å². The summed E-state index contributed by atoms with van der Waals surface area (Å²) in [6.45, 7) is 10.8. The molecule has 0 saturated carbocycles. The van der Waals surface area contributed by atoms with Gasteiger partial charge in [0.25, 0.3) is 0 Å². The van der Waals surface area contributed by atoms with Crippen LogP contribution in [0.1, 0.15) is 37.4 Å². The van der Waals surface area contributed by atoms with Crippen molar-refractivity contribution in [3.63, 3.8) is 0 Å². The van der Waals surface area contributed by atoms with E-state index in [2.05, 4.69) is 182 Å². The number of fused-ring (bicyclic) bond motifs is 3. The van der Waals surface area contributed by atoms with E-state index in [0.717, 1.165) is 23.4 Å². The van der Waals surface area contributed by atoms with Crippen molar-refractivity contribution < 1.29 is 0 Å². The highest BCUT2D eigenvalue weighted by Gasteiger charge is 2.23. The molecule has 232 valence electrons. The summed E-state index contributed by atoms with van der Waals surface area (Å²) in [5.41, 5.74) is 11.0. The van der Waals surface area contributed by atoms with Gasteiger partial charge in [0.1, 0.15) is 0 Å². The number of para-hydroxylation sites is 2. The molecule has 5 aromatic rings. The molecule has 0 saturated heterocycles. The minimum Gasteiger partial charge on any atom is -0.333 e. The van der Waals surface area contributed by atoms with E-state index in [1.54, 1.807) is 0 Å². The zero-order valence-electron chi connectivity index (χ0n) is 27.6. The van der Waals surface area contributed by atoms with Gasteiger partial charge in [-0.2, -0.15) is 0 Å². The number of anilines is 2. The van der Waals surface area contributed by atoms with Crippen molar-refractivity contribution in [2.75, 3.05) is 4.90 Å². The zero-order chi connectivity index (χ0) is 32.3. The average Bonchev–Trinajstić information content (AvgIpc) is 3.43. The highest BCUT2D eigenvalue weighted by molar-refractivity contribution is 6.08. The van der Waals surface area contributed by atoms with E-state index < -0.39 is 0 Å². The molecule has 0 aliphatic heterocycles. The van der Waals surface area contributed by atoms with Gasteiger partial charge in [-0.3, -0.25) is 0 Å². The summed E-state index contributed by atoms with van der Waals surface area (Å²) in [7, 11) is 0. The van der Waals surface area contributed by atoms with E-state index in [1.165, 1.54) is 44.2 Å². The van der Waals surface area contributed by atoms with Crippen molar-refractivity contribution in [2.45, 2.75) is 33.2 Å². The molecule has 47 heavy (non-hydrogen) atoms. The highest BCUT2D eigenvalue weighted by atomic mass is 15.1. The van der Waals surface area contributed by atoms with Gasteiger partial charge in [-0.25, -0.2) is 0 Å². The quantitative estimate of drug-likeness (QED) is 0.159. The second-order valence-corrected chi connectivity index (χ2v) is 12.7. The first kappa shape index (κ1) is 30.3. The lowest BCUT2D eigenvalue weighted by molar-refractivity contribution is 0.582. The third kappa shape index (κ3) is 6.00. The topological polar surface area (TPSA) is 8.17 Å². The maximum Gasteiger partial charge on any atom is 0.0560 e. The van der Waals surface area contributed by atoms with Gasteiger partial charge < -0.3 is 9.47 Å². The van der Waals surface area contributed by atoms with Gasteiger partial charge in [-0.05, 0) is 90.9 Å². The Bertz CT molecular complexity index is 2070. The Balaban J connectivity index is 1.15. The van der Waals surface area contributed by atoms with Crippen molar-refractivity contribution in [1.29, 1.82) is 0 Å². The molecule has 0 fully saturated rings. The molecule has 0 amide bonds. The van der Waals surface area contributed by atoms with Gasteiger partial charge in [0.05, 0.1) is 6.04 Å². The van der Waals surface area contributed by atoms with Crippen LogP contribution >= 0.6 is 0 Å². The fraction of sp³-hybridized carbons (Fsp3) is 0.156. The Kier molecular flexibility index (Phi) is 8.50. The molecule has 0 bridgehead atoms. The summed E-state index contributed by atoms with van der Waals surface area (Å²) < 4.78 is 2.50. The summed E-state index contributed by atoms with van der Waals surface area (Å²) >= 11 is 0. The van der Waals surface area contributed by atoms with E-state index in [0.29, 0.717) is 5.92 Å². The number of nitrogens with zero attached hydrogens (tertiary/aromatic N) is 2. The standard InChI is InChI=1S/C45H42N2/c1-5-6-7-14-33(3)41-29-28-40(31-34(41)4)46(39-15-12-13-32(2)30-39)37-24-20-35(21-25-37)36-22-26-38(27-23-36)47-44-18-10-8-16-42(44)43-17-9-11-19-45(43)47/h5-26,28-31,34,38,41H,3,27H2,1-2,4H3/b6-5-,14-7-. The van der Waals surface area contributed by atoms with Crippen molar-refractivity contribution >= 4 is 38.8 Å². The number of aromatic nitrogens is 1. The number of hydrogen-bond donors (Lipinski definition) is 0. The third-order valence-corrected chi connectivity index (χ3v) is 9.52. The van der Waals surface area contributed by atoms with Crippen LogP contribution in [0.4, 0.5) is 11.4 Å². The van der Waals surface area contributed by atoms with Crippen LogP contribution in [0.25, 0.3) is 27.4 Å². The summed E-state index contributed by atoms with van der Waals surface area (Å²) in [5, 5.41) is 2.64. The maximum atomic E-state index is 4.37. The molecule has 0 spiro atoms. The number of hydrogen-bond acceptors (Lipinski definition) is 1. The summed E-state index contributed by atoms with van der Waals surface area (Å²) in [4.78, 5) is 2.38. The Labute approximate surface area is 279 Å². The smallest absolute Gasteiger partial charge is 0.0560 e. The lowest BCUT2D eigenvalue weighted by Gasteiger charge is -2.32. The average molecular weight is 611 g/mol. The number of aryl methyl sites for hydroxylation is 1. The van der Waals surface area contributed by atoms with Crippen LogP contribution in [0.3, 0.4) is 0 Å². The summed E-state index contributed by atoms with van der Waals surface area (Å²) in [6.07, 6.45) is 23.3. The van der Waals surface area contributed by atoms with E-state index in [1.807, 2.05) is 13.0 Å². The number of allylic oxidation sites excluding steroid dienone is 12. The molecule has 2 aliphatic rings. The Hall–Kier alpha value is -5.34. The van der Waals surface area contributed by atoms with E-state index in [-0.39, 0.29) is 12.0 Å². The lowest BCUT2D eigenvalue weighted by Crippen LogP contribution is -2.21. The van der Waals surface area contributed by atoms with Crippen LogP contribution in [-0.4, -0.2) is 4.57 Å². The molecule has 4 aromatic carbocycles. The van der Waals surface area contributed by atoms with Crippen LogP contribution in [0.15, 0.2) is 176 Å². The first-order valence-corrected chi connectivity index (χ1v) is 16.7. The predicted molar refractivity (Wildman–Crippen MR) is 203 cm³/mol. The highest BCUT2D eigenvalue weighted by Crippen LogP contribution is 2.39. The molecule has 1 heterocycles. The van der Waals surface area contributed by atoms with Crippen LogP contribution in [-0.2, 0) is 0 Å². The van der Waals surface area contributed by atoms with Crippen LogP contribution in [0, 0.1) is 18.8 Å². The third-order valence-electron chi connectivity index (χ3n) is 9.52. The molecule has 0 N–H and O–H groups in total. The normalized spacial score (nSPS) is 19.5. The predicted octanol–water partition coefficient (Wildman–Crippen LogP) is 12.2. The van der Waals surface area contributed by atoms with Crippen molar-refractivity contribution in [3.05, 3.63) is 187 Å². The summed E-state index contributed by atoms with van der Waals surface area (Å²) in [5.74, 6) is 0.600. The van der Waals surface area contributed by atoms with Gasteiger partial charge in [0, 0.05) is 44.8 Å². The van der Waals surface area contributed by atoms with E-state index in [9.17, 15) is 0 Å². The first-order chi connectivity index (χ1) is 23.0. The molecule has 1 aromatic heterocycles. The molecule has 3 unspecified atom stereocenters. The van der Waals surface area contributed by atoms with Crippen molar-refractivity contribution in [1.82, 2.24) is 4.57 Å². The second kappa shape index (κ2) is 13.2. The Morgan fingerprint density at radius 2 is 1.53 bits per heavy atom. The zero-order valence-corrected chi connectivity index (χ0v) is 27.6. The Morgan fingerprint density at radius 1 is 0.809 bits per heavy atom. The monoisotopic (exact) mass is 610 g/mol. The lowest BCUT2D eigenvalue weighted by atomic mass is 9.83. The number of rotatable bonds is 8. The van der Waals surface area contributed by atoms with E-state index in [4.69, 9.17) is 0 Å². The molecular formula is C45H42N2. The fourth-order valence-corrected chi connectivity index (χ4v) is 7.16. The van der Waals surface area contributed by atoms with Crippen LogP contribution in [0.2, 0.25) is 0 Å². The van der Waals surface area contributed by atoms with E-state index >= 15 is 0 Å². The minimum atomic E-state index is 0.276. The maximum absolute atomic E-state index is 4.37. The van der Waals surface area contributed by atoms with Gasteiger partial charge in [-0.1, -0.05) is 129 Å². The summed E-state index contributed by atoms with van der Waals surface area (Å²) in [6, 6.07) is 35.6. The molecule has 2 nitrogen and oxygen atoms in total. The van der Waals surface area contributed by atoms with Crippen LogP contribution in [0.5, 0.6) is 0 Å². The molecule has 7 rings (SSSR count). The van der Waals surface area contributed by atoms with Gasteiger partial charge in [0.15, 0.2) is 0 Å². The minimum absolute atomic E-state index is 0.276. The van der Waals surface area contributed by atoms with Gasteiger partial charge in [0.2, 0.25) is 0 Å².